The number of aromatic amines is 1. The van der Waals surface area contributed by atoms with Crippen LogP contribution >= 0.6 is 12.4 Å². The summed E-state index contributed by atoms with van der Waals surface area (Å²) in [5, 5.41) is 0. The fourth-order valence-electron chi connectivity index (χ4n) is 3.90. The normalized spacial score (nSPS) is 26.1. The Labute approximate surface area is 127 Å². The predicted molar refractivity (Wildman–Crippen MR) is 84.0 cm³/mol. The fraction of sp³-hybridized carbons (Fsp3) is 0.688. The number of aromatic nitrogens is 1. The first-order valence-electron chi connectivity index (χ1n) is 7.43. The molecule has 112 valence electrons. The minimum absolute atomic E-state index is 0. The third-order valence-corrected chi connectivity index (χ3v) is 4.95. The van der Waals surface area contributed by atoms with Gasteiger partial charge in [0, 0.05) is 29.4 Å². The SMILES string of the molecule is Cc1c(C(C)C)[nH]c2c1C(=O)C1CN(C)CCC1C2.Cl. The van der Waals surface area contributed by atoms with E-state index in [-0.39, 0.29) is 18.3 Å². The Balaban J connectivity index is 0.00000147. The van der Waals surface area contributed by atoms with E-state index in [0.717, 1.165) is 31.5 Å². The highest BCUT2D eigenvalue weighted by molar-refractivity contribution is 6.02. The van der Waals surface area contributed by atoms with Gasteiger partial charge in [-0.1, -0.05) is 13.8 Å². The number of hydrogen-bond donors (Lipinski definition) is 1. The third-order valence-electron chi connectivity index (χ3n) is 4.95. The smallest absolute Gasteiger partial charge is 0.169 e. The number of halogens is 1. The summed E-state index contributed by atoms with van der Waals surface area (Å²) in [5.74, 6) is 1.62. The van der Waals surface area contributed by atoms with E-state index < -0.39 is 0 Å². The minimum Gasteiger partial charge on any atom is -0.361 e. The third kappa shape index (κ3) is 2.31. The first kappa shape index (κ1) is 15.6. The molecule has 1 aromatic rings. The Morgan fingerprint density at radius 3 is 2.70 bits per heavy atom. The van der Waals surface area contributed by atoms with E-state index in [9.17, 15) is 4.79 Å². The van der Waals surface area contributed by atoms with E-state index in [0.29, 0.717) is 17.6 Å². The number of fused-ring (bicyclic) bond motifs is 2. The van der Waals surface area contributed by atoms with Crippen LogP contribution in [0.4, 0.5) is 0 Å². The van der Waals surface area contributed by atoms with Crippen molar-refractivity contribution in [3.8, 4) is 0 Å². The van der Waals surface area contributed by atoms with Gasteiger partial charge in [-0.05, 0) is 50.8 Å². The summed E-state index contributed by atoms with van der Waals surface area (Å²) in [4.78, 5) is 18.6. The number of ketones is 1. The zero-order valence-electron chi connectivity index (χ0n) is 12.8. The number of piperidine rings is 1. The number of carbonyl (C=O) groups is 1. The standard InChI is InChI=1S/C16H24N2O.ClH/c1-9(2)15-10(3)14-13(17-15)7-11-5-6-18(4)8-12(11)16(14)19;/h9,11-12,17H,5-8H2,1-4H3;1H. The molecule has 1 fully saturated rings. The van der Waals surface area contributed by atoms with Crippen molar-refractivity contribution in [3.05, 3.63) is 22.5 Å². The molecule has 2 atom stereocenters. The van der Waals surface area contributed by atoms with Crippen molar-refractivity contribution in [1.82, 2.24) is 9.88 Å². The maximum absolute atomic E-state index is 12.8. The Hall–Kier alpha value is -0.800. The van der Waals surface area contributed by atoms with E-state index >= 15 is 0 Å². The van der Waals surface area contributed by atoms with Crippen molar-refractivity contribution >= 4 is 18.2 Å². The van der Waals surface area contributed by atoms with Crippen LogP contribution in [0.1, 0.15) is 53.5 Å². The molecule has 1 saturated heterocycles. The lowest BCUT2D eigenvalue weighted by atomic mass is 9.73. The van der Waals surface area contributed by atoms with Crippen LogP contribution in [0.15, 0.2) is 0 Å². The summed E-state index contributed by atoms with van der Waals surface area (Å²) in [6.45, 7) is 8.55. The summed E-state index contributed by atoms with van der Waals surface area (Å²) in [6, 6.07) is 0. The second-order valence-electron chi connectivity index (χ2n) is 6.66. The van der Waals surface area contributed by atoms with Gasteiger partial charge in [-0.2, -0.15) is 0 Å². The van der Waals surface area contributed by atoms with Crippen LogP contribution in [0.3, 0.4) is 0 Å². The summed E-state index contributed by atoms with van der Waals surface area (Å²) in [6.07, 6.45) is 2.22. The first-order chi connectivity index (χ1) is 8.99. The van der Waals surface area contributed by atoms with Crippen molar-refractivity contribution < 1.29 is 4.79 Å². The van der Waals surface area contributed by atoms with Crippen LogP contribution in [0.2, 0.25) is 0 Å². The largest absolute Gasteiger partial charge is 0.361 e. The Kier molecular flexibility index (Phi) is 4.31. The number of nitrogens with zero attached hydrogens (tertiary/aromatic N) is 1. The van der Waals surface area contributed by atoms with E-state index in [4.69, 9.17) is 0 Å². The number of rotatable bonds is 1. The summed E-state index contributed by atoms with van der Waals surface area (Å²) in [7, 11) is 2.13. The molecule has 0 bridgehead atoms. The fourth-order valence-corrected chi connectivity index (χ4v) is 3.90. The molecule has 2 aliphatic rings. The molecule has 20 heavy (non-hydrogen) atoms. The average Bonchev–Trinajstić information content (AvgIpc) is 2.68. The lowest BCUT2D eigenvalue weighted by molar-refractivity contribution is 0.0705. The van der Waals surface area contributed by atoms with Gasteiger partial charge in [-0.3, -0.25) is 4.79 Å². The van der Waals surface area contributed by atoms with Gasteiger partial charge in [0.15, 0.2) is 5.78 Å². The quantitative estimate of drug-likeness (QED) is 0.864. The van der Waals surface area contributed by atoms with Crippen LogP contribution in [-0.2, 0) is 6.42 Å². The second kappa shape index (κ2) is 5.53. The number of nitrogens with one attached hydrogen (secondary N) is 1. The molecular weight excluding hydrogens is 272 g/mol. The molecule has 2 heterocycles. The lowest BCUT2D eigenvalue weighted by Crippen LogP contribution is -2.45. The van der Waals surface area contributed by atoms with Gasteiger partial charge in [0.05, 0.1) is 0 Å². The maximum atomic E-state index is 12.8. The molecule has 2 unspecified atom stereocenters. The molecule has 0 saturated carbocycles. The Bertz CT molecular complexity index is 521. The number of Topliss-reactive ketones (excluding diaryl/α,β-unsaturated/α-hetero) is 1. The van der Waals surface area contributed by atoms with Crippen LogP contribution < -0.4 is 0 Å². The Morgan fingerprint density at radius 1 is 1.35 bits per heavy atom. The minimum atomic E-state index is 0. The number of H-pyrrole nitrogens is 1. The molecule has 3 nitrogen and oxygen atoms in total. The summed E-state index contributed by atoms with van der Waals surface area (Å²) >= 11 is 0. The molecule has 4 heteroatoms. The lowest BCUT2D eigenvalue weighted by Gasteiger charge is -2.38. The van der Waals surface area contributed by atoms with E-state index in [1.54, 1.807) is 0 Å². The zero-order chi connectivity index (χ0) is 13.7. The molecule has 1 aromatic heterocycles. The van der Waals surface area contributed by atoms with Gasteiger partial charge >= 0.3 is 0 Å². The van der Waals surface area contributed by atoms with Gasteiger partial charge in [0.25, 0.3) is 0 Å². The molecule has 1 aliphatic carbocycles. The van der Waals surface area contributed by atoms with Crippen molar-refractivity contribution in [2.75, 3.05) is 20.1 Å². The van der Waals surface area contributed by atoms with Gasteiger partial charge < -0.3 is 9.88 Å². The second-order valence-corrected chi connectivity index (χ2v) is 6.66. The molecule has 0 radical (unpaired) electrons. The van der Waals surface area contributed by atoms with Gasteiger partial charge in [-0.25, -0.2) is 0 Å². The summed E-state index contributed by atoms with van der Waals surface area (Å²) < 4.78 is 0. The number of likely N-dealkylation sites (tertiary alicyclic amines) is 1. The van der Waals surface area contributed by atoms with Crippen molar-refractivity contribution in [3.63, 3.8) is 0 Å². The zero-order valence-corrected chi connectivity index (χ0v) is 13.6. The predicted octanol–water partition coefficient (Wildman–Crippen LogP) is 3.18. The summed E-state index contributed by atoms with van der Waals surface area (Å²) in [5.41, 5.74) is 4.67. The number of carbonyl (C=O) groups excluding carboxylic acids is 1. The Morgan fingerprint density at radius 2 is 2.05 bits per heavy atom. The molecule has 1 N–H and O–H groups in total. The topological polar surface area (TPSA) is 36.1 Å². The molecular formula is C16H25ClN2O. The molecule has 3 rings (SSSR count). The monoisotopic (exact) mass is 296 g/mol. The van der Waals surface area contributed by atoms with Crippen molar-refractivity contribution in [1.29, 1.82) is 0 Å². The highest BCUT2D eigenvalue weighted by Crippen LogP contribution is 2.38. The molecule has 1 aliphatic heterocycles. The van der Waals surface area contributed by atoms with Gasteiger partial charge in [0.1, 0.15) is 0 Å². The first-order valence-corrected chi connectivity index (χ1v) is 7.43. The number of hydrogen-bond acceptors (Lipinski definition) is 2. The van der Waals surface area contributed by atoms with E-state index in [2.05, 4.69) is 37.7 Å². The van der Waals surface area contributed by atoms with Crippen molar-refractivity contribution in [2.45, 2.75) is 39.5 Å². The van der Waals surface area contributed by atoms with E-state index in [1.807, 2.05) is 0 Å². The highest BCUT2D eigenvalue weighted by Gasteiger charge is 2.40. The van der Waals surface area contributed by atoms with Crippen molar-refractivity contribution in [2.24, 2.45) is 11.8 Å². The highest BCUT2D eigenvalue weighted by atomic mass is 35.5. The maximum Gasteiger partial charge on any atom is 0.169 e. The molecule has 0 amide bonds. The van der Waals surface area contributed by atoms with Crippen LogP contribution in [-0.4, -0.2) is 35.8 Å². The molecule has 0 spiro atoms. The van der Waals surface area contributed by atoms with Gasteiger partial charge in [-0.15, -0.1) is 12.4 Å². The van der Waals surface area contributed by atoms with Crippen LogP contribution in [0.25, 0.3) is 0 Å². The van der Waals surface area contributed by atoms with Crippen LogP contribution in [0, 0.1) is 18.8 Å². The van der Waals surface area contributed by atoms with E-state index in [1.165, 1.54) is 17.0 Å². The van der Waals surface area contributed by atoms with Crippen LogP contribution in [0.5, 0.6) is 0 Å². The van der Waals surface area contributed by atoms with Gasteiger partial charge in [0.2, 0.25) is 0 Å². The average molecular weight is 297 g/mol. The molecule has 0 aromatic carbocycles.